The summed E-state index contributed by atoms with van der Waals surface area (Å²) in [6, 6.07) is 4.51. The van der Waals surface area contributed by atoms with Crippen LogP contribution >= 0.6 is 0 Å². The first-order valence-corrected chi connectivity index (χ1v) is 5.86. The monoisotopic (exact) mass is 220 g/mol. The van der Waals surface area contributed by atoms with Crippen molar-refractivity contribution in [1.82, 2.24) is 9.80 Å². The van der Waals surface area contributed by atoms with Gasteiger partial charge in [0.25, 0.3) is 0 Å². The molecule has 1 aliphatic rings. The maximum Gasteiger partial charge on any atom is 0.103 e. The van der Waals surface area contributed by atoms with Crippen molar-refractivity contribution >= 4 is 0 Å². The molecule has 0 bridgehead atoms. The van der Waals surface area contributed by atoms with Crippen LogP contribution in [0.1, 0.15) is 26.7 Å². The summed E-state index contributed by atoms with van der Waals surface area (Å²) in [5.41, 5.74) is -0.348. The molecule has 1 aliphatic heterocycles. The molecule has 1 heterocycles. The molecule has 0 atom stereocenters. The van der Waals surface area contributed by atoms with E-state index in [4.69, 9.17) is 10.5 Å². The number of piperazine rings is 1. The highest BCUT2D eigenvalue weighted by Crippen LogP contribution is 2.15. The van der Waals surface area contributed by atoms with Crippen molar-refractivity contribution in [2.45, 2.75) is 32.2 Å². The molecule has 0 amide bonds. The van der Waals surface area contributed by atoms with Gasteiger partial charge in [-0.2, -0.15) is 10.5 Å². The van der Waals surface area contributed by atoms with Crippen molar-refractivity contribution in [2.75, 3.05) is 32.7 Å². The van der Waals surface area contributed by atoms with Crippen LogP contribution in [-0.4, -0.2) is 48.1 Å². The van der Waals surface area contributed by atoms with Gasteiger partial charge in [-0.05, 0) is 26.8 Å². The Hall–Kier alpha value is -1.10. The molecular formula is C12H20N4. The van der Waals surface area contributed by atoms with E-state index in [1.807, 2.05) is 13.8 Å². The molecule has 0 aliphatic carbocycles. The van der Waals surface area contributed by atoms with Gasteiger partial charge in [-0.3, -0.25) is 4.90 Å². The molecule has 4 nitrogen and oxygen atoms in total. The van der Waals surface area contributed by atoms with Crippen molar-refractivity contribution in [3.05, 3.63) is 0 Å². The van der Waals surface area contributed by atoms with E-state index < -0.39 is 0 Å². The van der Waals surface area contributed by atoms with Gasteiger partial charge < -0.3 is 4.90 Å². The lowest BCUT2D eigenvalue weighted by atomic mass is 10.0. The van der Waals surface area contributed by atoms with E-state index in [2.05, 4.69) is 21.9 Å². The largest absolute Gasteiger partial charge is 0.301 e. The molecule has 0 N–H and O–H groups in total. The molecule has 0 aromatic rings. The maximum absolute atomic E-state index is 9.04. The molecule has 0 spiro atoms. The zero-order valence-electron chi connectivity index (χ0n) is 10.2. The molecule has 0 radical (unpaired) electrons. The third kappa shape index (κ3) is 3.48. The Bertz CT molecular complexity index is 289. The molecule has 88 valence electrons. The Morgan fingerprint density at radius 3 is 2.25 bits per heavy atom. The molecular weight excluding hydrogens is 200 g/mol. The number of nitriles is 2. The summed E-state index contributed by atoms with van der Waals surface area (Å²) in [6.45, 7) is 8.87. The predicted molar refractivity (Wildman–Crippen MR) is 62.6 cm³/mol. The lowest BCUT2D eigenvalue weighted by Crippen LogP contribution is -2.54. The van der Waals surface area contributed by atoms with Gasteiger partial charge in [-0.15, -0.1) is 0 Å². The van der Waals surface area contributed by atoms with E-state index in [9.17, 15) is 0 Å². The Labute approximate surface area is 98.1 Å². The second-order valence-electron chi connectivity index (χ2n) is 4.76. The summed E-state index contributed by atoms with van der Waals surface area (Å²) in [7, 11) is 0. The van der Waals surface area contributed by atoms with Crippen LogP contribution in [0.4, 0.5) is 0 Å². The van der Waals surface area contributed by atoms with Gasteiger partial charge in [0, 0.05) is 32.6 Å². The van der Waals surface area contributed by atoms with Gasteiger partial charge in [-0.25, -0.2) is 0 Å². The van der Waals surface area contributed by atoms with Crippen molar-refractivity contribution in [1.29, 1.82) is 10.5 Å². The van der Waals surface area contributed by atoms with E-state index in [1.54, 1.807) is 0 Å². The SMILES string of the molecule is CC(C)(C#N)N1CCN(CCCC#N)CC1. The number of hydrogen-bond donors (Lipinski definition) is 0. The van der Waals surface area contributed by atoms with Gasteiger partial charge in [-0.1, -0.05) is 0 Å². The van der Waals surface area contributed by atoms with E-state index >= 15 is 0 Å². The van der Waals surface area contributed by atoms with Crippen LogP contribution in [-0.2, 0) is 0 Å². The summed E-state index contributed by atoms with van der Waals surface area (Å²) in [5, 5.41) is 17.5. The fraction of sp³-hybridized carbons (Fsp3) is 0.833. The molecule has 16 heavy (non-hydrogen) atoms. The average molecular weight is 220 g/mol. The molecule has 1 rings (SSSR count). The molecule has 4 heteroatoms. The lowest BCUT2D eigenvalue weighted by Gasteiger charge is -2.40. The van der Waals surface area contributed by atoms with E-state index in [-0.39, 0.29) is 5.54 Å². The zero-order chi connectivity index (χ0) is 12.0. The Morgan fingerprint density at radius 1 is 1.12 bits per heavy atom. The normalized spacial score (nSPS) is 19.0. The highest BCUT2D eigenvalue weighted by atomic mass is 15.3. The topological polar surface area (TPSA) is 54.1 Å². The fourth-order valence-corrected chi connectivity index (χ4v) is 1.98. The summed E-state index contributed by atoms with van der Waals surface area (Å²) < 4.78 is 0. The minimum Gasteiger partial charge on any atom is -0.301 e. The Kier molecular flexibility index (Phi) is 4.73. The van der Waals surface area contributed by atoms with Gasteiger partial charge in [0.15, 0.2) is 0 Å². The molecule has 0 aromatic heterocycles. The summed E-state index contributed by atoms with van der Waals surface area (Å²) >= 11 is 0. The summed E-state index contributed by atoms with van der Waals surface area (Å²) in [6.07, 6.45) is 1.60. The van der Waals surface area contributed by atoms with E-state index in [1.165, 1.54) is 0 Å². The predicted octanol–water partition coefficient (Wildman–Crippen LogP) is 1.21. The first-order chi connectivity index (χ1) is 7.60. The van der Waals surface area contributed by atoms with Gasteiger partial charge >= 0.3 is 0 Å². The zero-order valence-corrected chi connectivity index (χ0v) is 10.2. The van der Waals surface area contributed by atoms with Crippen molar-refractivity contribution in [3.8, 4) is 12.1 Å². The fourth-order valence-electron chi connectivity index (χ4n) is 1.98. The van der Waals surface area contributed by atoms with Gasteiger partial charge in [0.05, 0.1) is 12.1 Å². The van der Waals surface area contributed by atoms with Crippen LogP contribution < -0.4 is 0 Å². The van der Waals surface area contributed by atoms with Crippen molar-refractivity contribution in [3.63, 3.8) is 0 Å². The summed E-state index contributed by atoms with van der Waals surface area (Å²) in [5.74, 6) is 0. The number of nitrogens with zero attached hydrogens (tertiary/aromatic N) is 4. The maximum atomic E-state index is 9.04. The van der Waals surface area contributed by atoms with Crippen LogP contribution in [0, 0.1) is 22.7 Å². The third-order valence-electron chi connectivity index (χ3n) is 3.20. The van der Waals surface area contributed by atoms with Crippen LogP contribution in [0.25, 0.3) is 0 Å². The first kappa shape index (κ1) is 13.0. The van der Waals surface area contributed by atoms with Crippen molar-refractivity contribution < 1.29 is 0 Å². The molecule has 0 saturated carbocycles. The highest BCUT2D eigenvalue weighted by Gasteiger charge is 2.29. The first-order valence-electron chi connectivity index (χ1n) is 5.86. The number of hydrogen-bond acceptors (Lipinski definition) is 4. The Morgan fingerprint density at radius 2 is 1.75 bits per heavy atom. The molecule has 1 fully saturated rings. The van der Waals surface area contributed by atoms with Crippen LogP contribution in [0.15, 0.2) is 0 Å². The van der Waals surface area contributed by atoms with Crippen LogP contribution in [0.3, 0.4) is 0 Å². The second-order valence-corrected chi connectivity index (χ2v) is 4.76. The van der Waals surface area contributed by atoms with Crippen molar-refractivity contribution in [2.24, 2.45) is 0 Å². The molecule has 0 unspecified atom stereocenters. The second kappa shape index (κ2) is 5.84. The highest BCUT2D eigenvalue weighted by molar-refractivity contribution is 5.02. The number of unbranched alkanes of at least 4 members (excludes halogenated alkanes) is 1. The van der Waals surface area contributed by atoms with E-state index in [0.717, 1.165) is 39.1 Å². The van der Waals surface area contributed by atoms with E-state index in [0.29, 0.717) is 6.42 Å². The van der Waals surface area contributed by atoms with Gasteiger partial charge in [0.1, 0.15) is 5.54 Å². The lowest BCUT2D eigenvalue weighted by molar-refractivity contribution is 0.0798. The van der Waals surface area contributed by atoms with Crippen LogP contribution in [0.5, 0.6) is 0 Å². The standard InChI is InChI=1S/C12H20N4/c1-12(2,11-14)16-9-7-15(8-10-16)6-4-3-5-13/h3-4,6-10H2,1-2H3. The smallest absolute Gasteiger partial charge is 0.103 e. The molecule has 0 aromatic carbocycles. The quantitative estimate of drug-likeness (QED) is 0.668. The molecule has 1 saturated heterocycles. The van der Waals surface area contributed by atoms with Crippen LogP contribution in [0.2, 0.25) is 0 Å². The number of rotatable bonds is 4. The Balaban J connectivity index is 2.30. The average Bonchev–Trinajstić information content (AvgIpc) is 2.30. The minimum absolute atomic E-state index is 0.348. The third-order valence-corrected chi connectivity index (χ3v) is 3.20. The van der Waals surface area contributed by atoms with Gasteiger partial charge in [0.2, 0.25) is 0 Å². The summed E-state index contributed by atoms with van der Waals surface area (Å²) in [4.78, 5) is 4.61. The minimum atomic E-state index is -0.348.